The average Bonchev–Trinajstić information content (AvgIpc) is 2.23. The van der Waals surface area contributed by atoms with Gasteiger partial charge in [-0.15, -0.1) is 0 Å². The summed E-state index contributed by atoms with van der Waals surface area (Å²) in [6, 6.07) is 4.44. The molecule has 16 heavy (non-hydrogen) atoms. The number of halogens is 4. The summed E-state index contributed by atoms with van der Waals surface area (Å²) in [6.07, 6.45) is 2.63. The lowest BCUT2D eigenvalue weighted by atomic mass is 10.1. The molecule has 0 unspecified atom stereocenters. The van der Waals surface area contributed by atoms with E-state index < -0.39 is 5.82 Å². The summed E-state index contributed by atoms with van der Waals surface area (Å²) in [5, 5.41) is 1.13. The number of hydrogen-bond donors (Lipinski definition) is 0. The van der Waals surface area contributed by atoms with Gasteiger partial charge in [0, 0.05) is 17.3 Å². The van der Waals surface area contributed by atoms with E-state index >= 15 is 0 Å². The van der Waals surface area contributed by atoms with Crippen molar-refractivity contribution in [1.82, 2.24) is 4.98 Å². The van der Waals surface area contributed by atoms with Crippen LogP contribution in [-0.4, -0.2) is 4.98 Å². The predicted molar refractivity (Wildman–Crippen MR) is 64.7 cm³/mol. The second-order valence-electron chi connectivity index (χ2n) is 3.14. The van der Waals surface area contributed by atoms with Crippen LogP contribution in [0.15, 0.2) is 30.6 Å². The number of hydrogen-bond acceptors (Lipinski definition) is 1. The van der Waals surface area contributed by atoms with E-state index in [1.165, 1.54) is 18.3 Å². The lowest BCUT2D eigenvalue weighted by Gasteiger charge is -2.06. The van der Waals surface area contributed by atoms with Gasteiger partial charge in [-0.3, -0.25) is 4.98 Å². The summed E-state index contributed by atoms with van der Waals surface area (Å²) in [4.78, 5) is 3.74. The molecule has 82 valence electrons. The molecule has 0 atom stereocenters. The number of aromatic nitrogens is 1. The molecule has 0 aliphatic heterocycles. The third-order valence-electron chi connectivity index (χ3n) is 2.03. The molecule has 1 heterocycles. The molecule has 0 saturated carbocycles. The van der Waals surface area contributed by atoms with Crippen LogP contribution < -0.4 is 0 Å². The third kappa shape index (κ3) is 2.29. The molecule has 0 fully saturated rings. The molecule has 0 aliphatic rings. The topological polar surface area (TPSA) is 12.9 Å². The molecule has 0 spiro atoms. The van der Waals surface area contributed by atoms with Gasteiger partial charge in [-0.1, -0.05) is 34.8 Å². The summed E-state index contributed by atoms with van der Waals surface area (Å²) >= 11 is 17.7. The Hall–Kier alpha value is -0.830. The highest BCUT2D eigenvalue weighted by Crippen LogP contribution is 2.34. The Morgan fingerprint density at radius 3 is 2.25 bits per heavy atom. The number of rotatable bonds is 1. The van der Waals surface area contributed by atoms with Gasteiger partial charge < -0.3 is 0 Å². The first-order valence-corrected chi connectivity index (χ1v) is 5.47. The van der Waals surface area contributed by atoms with Gasteiger partial charge in [0.05, 0.1) is 21.3 Å². The number of nitrogens with zero attached hydrogens (tertiary/aromatic N) is 1. The Kier molecular flexibility index (Phi) is 3.33. The zero-order valence-electron chi connectivity index (χ0n) is 7.85. The molecule has 0 saturated heterocycles. The van der Waals surface area contributed by atoms with Crippen molar-refractivity contribution in [3.63, 3.8) is 0 Å². The summed E-state index contributed by atoms with van der Waals surface area (Å²) in [7, 11) is 0. The molecule has 0 N–H and O–H groups in total. The third-order valence-corrected chi connectivity index (χ3v) is 3.06. The van der Waals surface area contributed by atoms with E-state index in [-0.39, 0.29) is 0 Å². The predicted octanol–water partition coefficient (Wildman–Crippen LogP) is 4.85. The maximum atomic E-state index is 13.0. The highest BCUT2D eigenvalue weighted by Gasteiger charge is 2.08. The van der Waals surface area contributed by atoms with Crippen LogP contribution in [0.4, 0.5) is 4.39 Å². The molecule has 5 heteroatoms. The number of pyridine rings is 1. The van der Waals surface area contributed by atoms with Crippen molar-refractivity contribution in [2.24, 2.45) is 0 Å². The first-order valence-electron chi connectivity index (χ1n) is 4.33. The van der Waals surface area contributed by atoms with Crippen molar-refractivity contribution in [3.05, 3.63) is 51.5 Å². The fourth-order valence-electron chi connectivity index (χ4n) is 1.30. The molecular weight excluding hydrogens is 271 g/mol. The molecule has 1 aromatic carbocycles. The van der Waals surface area contributed by atoms with Crippen molar-refractivity contribution in [3.8, 4) is 11.1 Å². The lowest BCUT2D eigenvalue weighted by Crippen LogP contribution is -1.85. The SMILES string of the molecule is Fc1cncc(-c2cc(Cl)c(Cl)cc2Cl)c1. The zero-order chi connectivity index (χ0) is 11.7. The van der Waals surface area contributed by atoms with Crippen LogP contribution in [0.1, 0.15) is 0 Å². The van der Waals surface area contributed by atoms with Crippen LogP contribution >= 0.6 is 34.8 Å². The van der Waals surface area contributed by atoms with E-state index in [0.717, 1.165) is 6.20 Å². The van der Waals surface area contributed by atoms with Gasteiger partial charge in [0.15, 0.2) is 0 Å². The first kappa shape index (κ1) is 11.6. The molecule has 1 aromatic heterocycles. The van der Waals surface area contributed by atoms with E-state index in [0.29, 0.717) is 26.2 Å². The summed E-state index contributed by atoms with van der Waals surface area (Å²) < 4.78 is 13.0. The molecule has 2 aromatic rings. The van der Waals surface area contributed by atoms with Crippen LogP contribution in [0.5, 0.6) is 0 Å². The first-order chi connectivity index (χ1) is 7.58. The smallest absolute Gasteiger partial charge is 0.142 e. The van der Waals surface area contributed by atoms with Crippen LogP contribution in [0.2, 0.25) is 15.1 Å². The van der Waals surface area contributed by atoms with E-state index in [4.69, 9.17) is 34.8 Å². The summed E-state index contributed by atoms with van der Waals surface area (Å²) in [5.41, 5.74) is 1.16. The standard InChI is InChI=1S/C11H5Cl3FN/c12-9-3-11(14)10(13)2-8(9)6-1-7(15)5-16-4-6/h1-5H. The second-order valence-corrected chi connectivity index (χ2v) is 4.36. The minimum atomic E-state index is -0.431. The largest absolute Gasteiger partial charge is 0.261 e. The fourth-order valence-corrected chi connectivity index (χ4v) is 1.96. The highest BCUT2D eigenvalue weighted by atomic mass is 35.5. The average molecular weight is 277 g/mol. The normalized spacial score (nSPS) is 10.5. The maximum Gasteiger partial charge on any atom is 0.142 e. The number of benzene rings is 1. The minimum absolute atomic E-state index is 0.361. The molecule has 0 amide bonds. The monoisotopic (exact) mass is 275 g/mol. The van der Waals surface area contributed by atoms with Gasteiger partial charge >= 0.3 is 0 Å². The Labute approximate surface area is 107 Å². The van der Waals surface area contributed by atoms with E-state index in [9.17, 15) is 4.39 Å². The van der Waals surface area contributed by atoms with Crippen molar-refractivity contribution in [2.75, 3.05) is 0 Å². The van der Waals surface area contributed by atoms with Gasteiger partial charge in [0.2, 0.25) is 0 Å². The molecule has 0 radical (unpaired) electrons. The van der Waals surface area contributed by atoms with E-state index in [1.807, 2.05) is 0 Å². The van der Waals surface area contributed by atoms with Crippen molar-refractivity contribution >= 4 is 34.8 Å². The van der Waals surface area contributed by atoms with E-state index in [1.54, 1.807) is 6.07 Å². The van der Waals surface area contributed by atoms with Crippen LogP contribution in [0.3, 0.4) is 0 Å². The van der Waals surface area contributed by atoms with Crippen molar-refractivity contribution in [2.45, 2.75) is 0 Å². The van der Waals surface area contributed by atoms with Crippen molar-refractivity contribution in [1.29, 1.82) is 0 Å². The molecule has 0 bridgehead atoms. The Morgan fingerprint density at radius 1 is 0.875 bits per heavy atom. The minimum Gasteiger partial charge on any atom is -0.261 e. The summed E-state index contributed by atoms with van der Waals surface area (Å²) in [6.45, 7) is 0. The Bertz CT molecular complexity index is 543. The highest BCUT2D eigenvalue weighted by molar-refractivity contribution is 6.44. The van der Waals surface area contributed by atoms with E-state index in [2.05, 4.69) is 4.98 Å². The molecule has 1 nitrogen and oxygen atoms in total. The Balaban J connectivity index is 2.60. The molecule has 0 aliphatic carbocycles. The Morgan fingerprint density at radius 2 is 1.56 bits per heavy atom. The van der Waals surface area contributed by atoms with Crippen LogP contribution in [0, 0.1) is 5.82 Å². The molecule has 2 rings (SSSR count). The van der Waals surface area contributed by atoms with Crippen molar-refractivity contribution < 1.29 is 4.39 Å². The maximum absolute atomic E-state index is 13.0. The quantitative estimate of drug-likeness (QED) is 0.679. The van der Waals surface area contributed by atoms with Gasteiger partial charge in [0.1, 0.15) is 5.82 Å². The zero-order valence-corrected chi connectivity index (χ0v) is 10.1. The van der Waals surface area contributed by atoms with Gasteiger partial charge in [-0.25, -0.2) is 4.39 Å². The second kappa shape index (κ2) is 4.58. The fraction of sp³-hybridized carbons (Fsp3) is 0. The van der Waals surface area contributed by atoms with Gasteiger partial charge in [-0.2, -0.15) is 0 Å². The van der Waals surface area contributed by atoms with Gasteiger partial charge in [-0.05, 0) is 18.2 Å². The summed E-state index contributed by atoms with van der Waals surface area (Å²) in [5.74, 6) is -0.431. The molecular formula is C11H5Cl3FN. The van der Waals surface area contributed by atoms with Crippen LogP contribution in [0.25, 0.3) is 11.1 Å². The van der Waals surface area contributed by atoms with Crippen LogP contribution in [-0.2, 0) is 0 Å². The lowest BCUT2D eigenvalue weighted by molar-refractivity contribution is 0.622. The van der Waals surface area contributed by atoms with Gasteiger partial charge in [0.25, 0.3) is 0 Å².